The molecule has 0 aliphatic rings. The molecule has 8 N–H and O–H groups in total. The fourth-order valence-electron chi connectivity index (χ4n) is 4.16. The first-order valence-electron chi connectivity index (χ1n) is 13.1. The SMILES string of the molecule is CSCCC(N)C(=O)NC(Cc1c[nH]c2ccccc12)C(=O)NC(CC(C)C)C(=O)NC(CCC(=O)O)C(=O)O. The Kier molecular flexibility index (Phi) is 12.9. The Morgan fingerprint density at radius 3 is 2.17 bits per heavy atom. The van der Waals surface area contributed by atoms with Crippen LogP contribution >= 0.6 is 11.8 Å². The maximum Gasteiger partial charge on any atom is 0.326 e. The summed E-state index contributed by atoms with van der Waals surface area (Å²) in [6, 6.07) is 3.05. The number of benzene rings is 1. The molecule has 0 spiro atoms. The fourth-order valence-corrected chi connectivity index (χ4v) is 4.65. The number of nitrogens with two attached hydrogens (primary N) is 1. The van der Waals surface area contributed by atoms with Gasteiger partial charge in [-0.3, -0.25) is 19.2 Å². The molecule has 0 saturated heterocycles. The van der Waals surface area contributed by atoms with Crippen LogP contribution in [0.1, 0.15) is 45.1 Å². The second kappa shape index (κ2) is 15.9. The van der Waals surface area contributed by atoms with Crippen LogP contribution < -0.4 is 21.7 Å². The largest absolute Gasteiger partial charge is 0.481 e. The summed E-state index contributed by atoms with van der Waals surface area (Å²) >= 11 is 1.54. The predicted octanol–water partition coefficient (Wildman–Crippen LogP) is 1.24. The number of amides is 3. The van der Waals surface area contributed by atoms with E-state index in [1.807, 2.05) is 44.4 Å². The van der Waals surface area contributed by atoms with E-state index in [0.717, 1.165) is 16.5 Å². The summed E-state index contributed by atoms with van der Waals surface area (Å²) in [4.78, 5) is 65.2. The van der Waals surface area contributed by atoms with Gasteiger partial charge < -0.3 is 36.9 Å². The number of carbonyl (C=O) groups excluding carboxylic acids is 3. The number of aromatic nitrogens is 1. The Labute approximate surface area is 237 Å². The molecule has 3 amide bonds. The van der Waals surface area contributed by atoms with Crippen molar-refractivity contribution in [2.45, 2.75) is 70.1 Å². The molecule has 1 aromatic heterocycles. The van der Waals surface area contributed by atoms with Crippen LogP contribution in [0.4, 0.5) is 0 Å². The van der Waals surface area contributed by atoms with Gasteiger partial charge in [0.05, 0.1) is 6.04 Å². The van der Waals surface area contributed by atoms with E-state index in [9.17, 15) is 29.1 Å². The molecule has 4 atom stereocenters. The van der Waals surface area contributed by atoms with E-state index in [1.54, 1.807) is 18.0 Å². The average molecular weight is 578 g/mol. The molecule has 12 nitrogen and oxygen atoms in total. The van der Waals surface area contributed by atoms with Gasteiger partial charge in [-0.25, -0.2) is 4.79 Å². The van der Waals surface area contributed by atoms with E-state index in [2.05, 4.69) is 20.9 Å². The van der Waals surface area contributed by atoms with E-state index in [1.165, 1.54) is 0 Å². The van der Waals surface area contributed by atoms with Crippen molar-refractivity contribution in [1.29, 1.82) is 0 Å². The topological polar surface area (TPSA) is 204 Å². The summed E-state index contributed by atoms with van der Waals surface area (Å²) in [7, 11) is 0. The molecule has 4 unspecified atom stereocenters. The third-order valence-corrected chi connectivity index (χ3v) is 6.95. The number of thioether (sulfide) groups is 1. The molecule has 0 bridgehead atoms. The second-order valence-electron chi connectivity index (χ2n) is 10.0. The third-order valence-electron chi connectivity index (χ3n) is 6.30. The quantitative estimate of drug-likeness (QED) is 0.144. The number of carbonyl (C=O) groups is 5. The predicted molar refractivity (Wildman–Crippen MR) is 153 cm³/mol. The van der Waals surface area contributed by atoms with Crippen LogP contribution in [-0.2, 0) is 30.4 Å². The smallest absolute Gasteiger partial charge is 0.326 e. The molecule has 0 fully saturated rings. The van der Waals surface area contributed by atoms with Crippen molar-refractivity contribution in [2.75, 3.05) is 12.0 Å². The lowest BCUT2D eigenvalue weighted by Crippen LogP contribution is -2.57. The summed E-state index contributed by atoms with van der Waals surface area (Å²) in [5.41, 5.74) is 7.67. The van der Waals surface area contributed by atoms with Crippen molar-refractivity contribution in [3.63, 3.8) is 0 Å². The molecule has 2 rings (SSSR count). The highest BCUT2D eigenvalue weighted by Crippen LogP contribution is 2.19. The molecule has 13 heteroatoms. The van der Waals surface area contributed by atoms with Gasteiger partial charge in [0.1, 0.15) is 18.1 Å². The number of hydrogen-bond acceptors (Lipinski definition) is 7. The zero-order valence-corrected chi connectivity index (χ0v) is 23.8. The number of rotatable bonds is 17. The molecule has 1 heterocycles. The van der Waals surface area contributed by atoms with Crippen LogP contribution in [0.2, 0.25) is 0 Å². The Morgan fingerprint density at radius 2 is 1.55 bits per heavy atom. The lowest BCUT2D eigenvalue weighted by molar-refractivity contribution is -0.143. The van der Waals surface area contributed by atoms with Gasteiger partial charge in [0.15, 0.2) is 0 Å². The maximum absolute atomic E-state index is 13.6. The molecule has 0 aliphatic heterocycles. The minimum atomic E-state index is -1.44. The number of hydrogen-bond donors (Lipinski definition) is 7. The van der Waals surface area contributed by atoms with Crippen molar-refractivity contribution >= 4 is 52.3 Å². The number of nitrogens with one attached hydrogen (secondary N) is 4. The van der Waals surface area contributed by atoms with Crippen LogP contribution in [0.3, 0.4) is 0 Å². The van der Waals surface area contributed by atoms with Gasteiger partial charge in [-0.15, -0.1) is 0 Å². The van der Waals surface area contributed by atoms with Crippen LogP contribution in [-0.4, -0.2) is 81.0 Å². The van der Waals surface area contributed by atoms with Gasteiger partial charge in [-0.2, -0.15) is 11.8 Å². The number of H-pyrrole nitrogens is 1. The number of fused-ring (bicyclic) bond motifs is 1. The Hall–Kier alpha value is -3.58. The standard InChI is InChI=1S/C27H39N5O7S/c1-15(2)12-21(25(36)30-20(27(38)39)8-9-23(33)34)32-26(37)22(31-24(35)18(28)10-11-40-3)13-16-14-29-19-7-5-4-6-17(16)19/h4-7,14-15,18,20-22,29H,8-13,28H2,1-3H3,(H,30,36)(H,31,35)(H,32,37)(H,33,34)(H,38,39). The summed E-state index contributed by atoms with van der Waals surface area (Å²) in [6.45, 7) is 3.67. The molecule has 0 aliphatic carbocycles. The zero-order chi connectivity index (χ0) is 29.8. The highest BCUT2D eigenvalue weighted by molar-refractivity contribution is 7.98. The van der Waals surface area contributed by atoms with Crippen LogP contribution in [0.5, 0.6) is 0 Å². The first kappa shape index (κ1) is 32.6. The fraction of sp³-hybridized carbons (Fsp3) is 0.519. The maximum atomic E-state index is 13.6. The molecule has 2 aromatic rings. The first-order chi connectivity index (χ1) is 18.9. The van der Waals surface area contributed by atoms with Crippen LogP contribution in [0.25, 0.3) is 10.9 Å². The van der Waals surface area contributed by atoms with E-state index < -0.39 is 60.2 Å². The van der Waals surface area contributed by atoms with Gasteiger partial charge >= 0.3 is 11.9 Å². The van der Waals surface area contributed by atoms with Crippen LogP contribution in [0.15, 0.2) is 30.5 Å². The minimum Gasteiger partial charge on any atom is -0.481 e. The van der Waals surface area contributed by atoms with E-state index in [0.29, 0.717) is 12.2 Å². The van der Waals surface area contributed by atoms with Crippen molar-refractivity contribution in [1.82, 2.24) is 20.9 Å². The van der Waals surface area contributed by atoms with Gasteiger partial charge in [-0.1, -0.05) is 32.0 Å². The zero-order valence-electron chi connectivity index (χ0n) is 22.9. The Balaban J connectivity index is 2.28. The second-order valence-corrected chi connectivity index (χ2v) is 11.0. The monoisotopic (exact) mass is 577 g/mol. The summed E-state index contributed by atoms with van der Waals surface area (Å²) in [5.74, 6) is -3.86. The summed E-state index contributed by atoms with van der Waals surface area (Å²) in [6.07, 6.45) is 3.60. The minimum absolute atomic E-state index is 0.0556. The van der Waals surface area contributed by atoms with Crippen LogP contribution in [0, 0.1) is 5.92 Å². The first-order valence-corrected chi connectivity index (χ1v) is 14.5. The summed E-state index contributed by atoms with van der Waals surface area (Å²) < 4.78 is 0. The number of aliphatic carboxylic acids is 2. The number of carboxylic acid groups (broad SMARTS) is 2. The number of carboxylic acids is 2. The number of aromatic amines is 1. The third kappa shape index (κ3) is 10.2. The molecule has 220 valence electrons. The molecule has 1 aromatic carbocycles. The highest BCUT2D eigenvalue weighted by Gasteiger charge is 2.31. The molecule has 40 heavy (non-hydrogen) atoms. The molecular weight excluding hydrogens is 538 g/mol. The average Bonchev–Trinajstić information content (AvgIpc) is 3.30. The lowest BCUT2D eigenvalue weighted by Gasteiger charge is -2.26. The normalized spacial score (nSPS) is 14.2. The van der Waals surface area contributed by atoms with Crippen molar-refractivity contribution < 1.29 is 34.2 Å². The highest BCUT2D eigenvalue weighted by atomic mass is 32.2. The summed E-state index contributed by atoms with van der Waals surface area (Å²) in [5, 5.41) is 27.0. The number of para-hydroxylation sites is 1. The molecule has 0 saturated carbocycles. The van der Waals surface area contributed by atoms with Crippen molar-refractivity contribution in [3.05, 3.63) is 36.0 Å². The van der Waals surface area contributed by atoms with Gasteiger partial charge in [0.2, 0.25) is 17.7 Å². The molecular formula is C27H39N5O7S. The lowest BCUT2D eigenvalue weighted by atomic mass is 10.00. The van der Waals surface area contributed by atoms with E-state index >= 15 is 0 Å². The van der Waals surface area contributed by atoms with Gasteiger partial charge in [0, 0.05) is 29.9 Å². The van der Waals surface area contributed by atoms with Gasteiger partial charge in [0.25, 0.3) is 0 Å². The van der Waals surface area contributed by atoms with E-state index in [-0.39, 0.29) is 25.2 Å². The Morgan fingerprint density at radius 1 is 0.925 bits per heavy atom. The van der Waals surface area contributed by atoms with Crippen molar-refractivity contribution in [2.24, 2.45) is 11.7 Å². The van der Waals surface area contributed by atoms with E-state index in [4.69, 9.17) is 10.8 Å². The molecule has 0 radical (unpaired) electrons. The van der Waals surface area contributed by atoms with Gasteiger partial charge in [-0.05, 0) is 48.8 Å². The van der Waals surface area contributed by atoms with Crippen molar-refractivity contribution in [3.8, 4) is 0 Å². The Bertz CT molecular complexity index is 1180.